The lowest BCUT2D eigenvalue weighted by Crippen LogP contribution is -2.27. The van der Waals surface area contributed by atoms with Crippen LogP contribution in [0.5, 0.6) is 0 Å². The molecule has 4 heteroatoms. The number of hydrogen-bond acceptors (Lipinski definition) is 4. The SMILES string of the molecule is CNC1CCCC1c1nc(CC2CC2)no1. The molecule has 0 radical (unpaired) electrons. The summed E-state index contributed by atoms with van der Waals surface area (Å²) in [6.07, 6.45) is 7.36. The Kier molecular flexibility index (Phi) is 2.67. The van der Waals surface area contributed by atoms with Gasteiger partial charge in [-0.25, -0.2) is 0 Å². The summed E-state index contributed by atoms with van der Waals surface area (Å²) in [5.74, 6) is 3.03. The molecular weight excluding hydrogens is 202 g/mol. The van der Waals surface area contributed by atoms with E-state index in [2.05, 4.69) is 15.5 Å². The van der Waals surface area contributed by atoms with Gasteiger partial charge in [0.25, 0.3) is 0 Å². The zero-order valence-corrected chi connectivity index (χ0v) is 9.78. The third-order valence-corrected chi connectivity index (χ3v) is 3.86. The van der Waals surface area contributed by atoms with Gasteiger partial charge >= 0.3 is 0 Å². The number of likely N-dealkylation sites (N-methyl/N-ethyl adjacent to an activating group) is 1. The van der Waals surface area contributed by atoms with Gasteiger partial charge in [0.1, 0.15) is 0 Å². The summed E-state index contributed by atoms with van der Waals surface area (Å²) < 4.78 is 5.41. The van der Waals surface area contributed by atoms with Crippen LogP contribution in [0.4, 0.5) is 0 Å². The number of nitrogens with one attached hydrogen (secondary N) is 1. The van der Waals surface area contributed by atoms with Crippen molar-refractivity contribution in [3.05, 3.63) is 11.7 Å². The second-order valence-electron chi connectivity index (χ2n) is 5.13. The van der Waals surface area contributed by atoms with E-state index in [9.17, 15) is 0 Å². The van der Waals surface area contributed by atoms with Gasteiger partial charge in [-0.15, -0.1) is 0 Å². The van der Waals surface area contributed by atoms with Gasteiger partial charge in [-0.2, -0.15) is 4.98 Å². The predicted molar refractivity (Wildman–Crippen MR) is 60.2 cm³/mol. The molecule has 2 atom stereocenters. The summed E-state index contributed by atoms with van der Waals surface area (Å²) in [6, 6.07) is 0.522. The fraction of sp³-hybridized carbons (Fsp3) is 0.833. The van der Waals surface area contributed by atoms with E-state index >= 15 is 0 Å². The molecule has 1 aromatic rings. The van der Waals surface area contributed by atoms with Crippen molar-refractivity contribution in [2.75, 3.05) is 7.05 Å². The van der Waals surface area contributed by atoms with Crippen LogP contribution in [-0.2, 0) is 6.42 Å². The molecule has 0 amide bonds. The number of aromatic nitrogens is 2. The molecule has 0 aromatic carbocycles. The van der Waals surface area contributed by atoms with Crippen molar-refractivity contribution in [2.24, 2.45) is 5.92 Å². The van der Waals surface area contributed by atoms with Gasteiger partial charge in [0.2, 0.25) is 5.89 Å². The highest BCUT2D eigenvalue weighted by Crippen LogP contribution is 2.35. The van der Waals surface area contributed by atoms with E-state index in [1.54, 1.807) is 0 Å². The Bertz CT molecular complexity index is 359. The molecule has 0 aliphatic heterocycles. The first-order chi connectivity index (χ1) is 7.86. The molecule has 2 unspecified atom stereocenters. The van der Waals surface area contributed by atoms with E-state index in [0.717, 1.165) is 24.1 Å². The normalized spacial score (nSPS) is 29.8. The third-order valence-electron chi connectivity index (χ3n) is 3.86. The molecule has 1 aromatic heterocycles. The molecule has 2 aliphatic carbocycles. The van der Waals surface area contributed by atoms with E-state index in [0.29, 0.717) is 12.0 Å². The Morgan fingerprint density at radius 3 is 2.94 bits per heavy atom. The van der Waals surface area contributed by atoms with Gasteiger partial charge in [-0.1, -0.05) is 11.6 Å². The standard InChI is InChI=1S/C12H19N3O/c1-13-10-4-2-3-9(10)12-14-11(15-16-12)7-8-5-6-8/h8-10,13H,2-7H2,1H3. The average molecular weight is 221 g/mol. The molecule has 88 valence electrons. The molecular formula is C12H19N3O. The molecule has 3 rings (SSSR count). The summed E-state index contributed by atoms with van der Waals surface area (Å²) >= 11 is 0. The molecule has 2 saturated carbocycles. The van der Waals surface area contributed by atoms with Crippen molar-refractivity contribution in [1.82, 2.24) is 15.5 Å². The number of rotatable bonds is 4. The Morgan fingerprint density at radius 1 is 1.31 bits per heavy atom. The van der Waals surface area contributed by atoms with Crippen molar-refractivity contribution in [2.45, 2.75) is 50.5 Å². The second kappa shape index (κ2) is 4.17. The maximum atomic E-state index is 5.41. The molecule has 4 nitrogen and oxygen atoms in total. The van der Waals surface area contributed by atoms with Crippen molar-refractivity contribution in [3.63, 3.8) is 0 Å². The van der Waals surface area contributed by atoms with E-state index in [-0.39, 0.29) is 0 Å². The van der Waals surface area contributed by atoms with Crippen LogP contribution in [0, 0.1) is 5.92 Å². The molecule has 1 N–H and O–H groups in total. The summed E-state index contributed by atoms with van der Waals surface area (Å²) in [5.41, 5.74) is 0. The summed E-state index contributed by atoms with van der Waals surface area (Å²) in [5, 5.41) is 7.44. The van der Waals surface area contributed by atoms with E-state index < -0.39 is 0 Å². The summed E-state index contributed by atoms with van der Waals surface area (Å²) in [7, 11) is 2.02. The molecule has 0 saturated heterocycles. The maximum absolute atomic E-state index is 5.41. The molecule has 16 heavy (non-hydrogen) atoms. The fourth-order valence-electron chi connectivity index (χ4n) is 2.68. The number of nitrogens with zero attached hydrogens (tertiary/aromatic N) is 2. The third kappa shape index (κ3) is 1.98. The quantitative estimate of drug-likeness (QED) is 0.843. The Morgan fingerprint density at radius 2 is 2.19 bits per heavy atom. The van der Waals surface area contributed by atoms with Gasteiger partial charge in [0.15, 0.2) is 5.82 Å². The first-order valence-corrected chi connectivity index (χ1v) is 6.36. The minimum Gasteiger partial charge on any atom is -0.339 e. The van der Waals surface area contributed by atoms with Crippen LogP contribution < -0.4 is 5.32 Å². The highest BCUT2D eigenvalue weighted by atomic mass is 16.5. The fourth-order valence-corrected chi connectivity index (χ4v) is 2.68. The molecule has 2 fully saturated rings. The van der Waals surface area contributed by atoms with Crippen LogP contribution in [0.15, 0.2) is 4.52 Å². The van der Waals surface area contributed by atoms with Crippen molar-refractivity contribution in [3.8, 4) is 0 Å². The maximum Gasteiger partial charge on any atom is 0.231 e. The highest BCUT2D eigenvalue weighted by Gasteiger charge is 2.32. The average Bonchev–Trinajstić information content (AvgIpc) is 2.82. The Labute approximate surface area is 95.8 Å². The van der Waals surface area contributed by atoms with Crippen LogP contribution >= 0.6 is 0 Å². The van der Waals surface area contributed by atoms with E-state index in [1.165, 1.54) is 32.1 Å². The minimum absolute atomic E-state index is 0.436. The molecule has 1 heterocycles. The van der Waals surface area contributed by atoms with Gasteiger partial charge in [-0.3, -0.25) is 0 Å². The van der Waals surface area contributed by atoms with Gasteiger partial charge < -0.3 is 9.84 Å². The van der Waals surface area contributed by atoms with Crippen LogP contribution in [0.25, 0.3) is 0 Å². The van der Waals surface area contributed by atoms with Crippen LogP contribution in [0.1, 0.15) is 49.7 Å². The highest BCUT2D eigenvalue weighted by molar-refractivity contribution is 5.03. The molecule has 2 aliphatic rings. The van der Waals surface area contributed by atoms with Gasteiger partial charge in [0, 0.05) is 12.5 Å². The summed E-state index contributed by atoms with van der Waals surface area (Å²) in [6.45, 7) is 0. The zero-order valence-electron chi connectivity index (χ0n) is 9.78. The summed E-state index contributed by atoms with van der Waals surface area (Å²) in [4.78, 5) is 4.55. The van der Waals surface area contributed by atoms with Crippen molar-refractivity contribution in [1.29, 1.82) is 0 Å². The zero-order chi connectivity index (χ0) is 11.0. The van der Waals surface area contributed by atoms with Crippen LogP contribution in [-0.4, -0.2) is 23.2 Å². The van der Waals surface area contributed by atoms with Gasteiger partial charge in [0.05, 0.1) is 5.92 Å². The van der Waals surface area contributed by atoms with Crippen molar-refractivity contribution < 1.29 is 4.52 Å². The molecule has 0 bridgehead atoms. The Balaban J connectivity index is 1.70. The first-order valence-electron chi connectivity index (χ1n) is 6.36. The smallest absolute Gasteiger partial charge is 0.231 e. The van der Waals surface area contributed by atoms with Gasteiger partial charge in [-0.05, 0) is 38.6 Å². The number of hydrogen-bond donors (Lipinski definition) is 1. The Hall–Kier alpha value is -0.900. The second-order valence-corrected chi connectivity index (χ2v) is 5.13. The lowest BCUT2D eigenvalue weighted by Gasteiger charge is -2.14. The lowest BCUT2D eigenvalue weighted by atomic mass is 10.0. The largest absolute Gasteiger partial charge is 0.339 e. The topological polar surface area (TPSA) is 51.0 Å². The predicted octanol–water partition coefficient (Wildman–Crippen LogP) is 1.88. The van der Waals surface area contributed by atoms with E-state index in [4.69, 9.17) is 4.52 Å². The van der Waals surface area contributed by atoms with Crippen LogP contribution in [0.3, 0.4) is 0 Å². The van der Waals surface area contributed by atoms with Crippen molar-refractivity contribution >= 4 is 0 Å². The lowest BCUT2D eigenvalue weighted by molar-refractivity contribution is 0.332. The molecule has 0 spiro atoms. The minimum atomic E-state index is 0.436. The van der Waals surface area contributed by atoms with Crippen LogP contribution in [0.2, 0.25) is 0 Å². The van der Waals surface area contributed by atoms with E-state index in [1.807, 2.05) is 7.05 Å². The first kappa shape index (κ1) is 10.3. The monoisotopic (exact) mass is 221 g/mol.